The van der Waals surface area contributed by atoms with Gasteiger partial charge in [0.1, 0.15) is 5.65 Å². The van der Waals surface area contributed by atoms with Gasteiger partial charge in [-0.2, -0.15) is 0 Å². The minimum Gasteiger partial charge on any atom is -0.348 e. The molecule has 0 atom stereocenters. The van der Waals surface area contributed by atoms with E-state index in [4.69, 9.17) is 14.7 Å². The Morgan fingerprint density at radius 1 is 1.38 bits per heavy atom. The van der Waals surface area contributed by atoms with Crippen molar-refractivity contribution in [1.82, 2.24) is 9.55 Å². The van der Waals surface area contributed by atoms with E-state index in [1.807, 2.05) is 6.20 Å². The van der Waals surface area contributed by atoms with Crippen molar-refractivity contribution < 1.29 is 9.47 Å². The second-order valence-corrected chi connectivity index (χ2v) is 7.75. The number of nitriles is 1. The summed E-state index contributed by atoms with van der Waals surface area (Å²) in [7, 11) is 0. The number of aromatic nitrogens is 2. The van der Waals surface area contributed by atoms with Crippen molar-refractivity contribution in [3.63, 3.8) is 0 Å². The molecule has 0 aliphatic carbocycles. The largest absolute Gasteiger partial charge is 0.348 e. The predicted octanol–water partition coefficient (Wildman–Crippen LogP) is 3.74. The smallest absolute Gasteiger partial charge is 0.268 e. The number of hydrogen-bond donors (Lipinski definition) is 0. The third kappa shape index (κ3) is 2.77. The van der Waals surface area contributed by atoms with Crippen LogP contribution < -0.4 is 0 Å². The zero-order valence-electron chi connectivity index (χ0n) is 13.7. The predicted molar refractivity (Wildman–Crippen MR) is 96.1 cm³/mol. The molecule has 124 valence electrons. The molecule has 0 aromatic carbocycles. The normalized spacial score (nSPS) is 21.3. The maximum absolute atomic E-state index is 9.05. The van der Waals surface area contributed by atoms with Crippen molar-refractivity contribution in [3.05, 3.63) is 28.5 Å². The first kappa shape index (κ1) is 16.1. The zero-order valence-corrected chi connectivity index (χ0v) is 15.3. The van der Waals surface area contributed by atoms with E-state index in [1.54, 1.807) is 0 Å². The van der Waals surface area contributed by atoms with Crippen molar-refractivity contribution in [2.45, 2.75) is 44.2 Å². The third-order valence-corrected chi connectivity index (χ3v) is 5.67. The Morgan fingerprint density at radius 2 is 2.08 bits per heavy atom. The van der Waals surface area contributed by atoms with E-state index < -0.39 is 5.79 Å². The van der Waals surface area contributed by atoms with Gasteiger partial charge >= 0.3 is 0 Å². The summed E-state index contributed by atoms with van der Waals surface area (Å²) in [4.78, 5) is 4.57. The first-order valence-electron chi connectivity index (χ1n) is 8.40. The van der Waals surface area contributed by atoms with Gasteiger partial charge in [-0.1, -0.05) is 12.6 Å². The van der Waals surface area contributed by atoms with Crippen LogP contribution in [0.4, 0.5) is 0 Å². The number of ether oxygens (including phenoxy) is 2. The molecule has 24 heavy (non-hydrogen) atoms. The molecule has 5 nitrogen and oxygen atoms in total. The average molecular weight is 388 g/mol. The first-order chi connectivity index (χ1) is 11.6. The molecule has 2 aromatic heterocycles. The van der Waals surface area contributed by atoms with E-state index in [2.05, 4.69) is 50.6 Å². The highest BCUT2D eigenvalue weighted by Gasteiger charge is 2.42. The second kappa shape index (κ2) is 6.18. The van der Waals surface area contributed by atoms with Crippen molar-refractivity contribution in [2.75, 3.05) is 13.2 Å². The van der Waals surface area contributed by atoms with Crippen LogP contribution in [-0.2, 0) is 9.47 Å². The average Bonchev–Trinajstić information content (AvgIpc) is 2.93. The lowest BCUT2D eigenvalue weighted by molar-refractivity contribution is -0.283. The van der Waals surface area contributed by atoms with Gasteiger partial charge in [-0.25, -0.2) is 10.2 Å². The van der Waals surface area contributed by atoms with Crippen LogP contribution in [0, 0.1) is 18.2 Å². The van der Waals surface area contributed by atoms with Gasteiger partial charge in [-0.15, -0.1) is 0 Å². The molecule has 2 aromatic rings. The molecule has 0 radical (unpaired) electrons. The fourth-order valence-corrected chi connectivity index (χ4v) is 4.10. The fourth-order valence-electron chi connectivity index (χ4n) is 3.77. The van der Waals surface area contributed by atoms with Crippen molar-refractivity contribution in [1.29, 1.82) is 5.26 Å². The van der Waals surface area contributed by atoms with Gasteiger partial charge in [0, 0.05) is 28.2 Å². The summed E-state index contributed by atoms with van der Waals surface area (Å²) in [6, 6.07) is 2.23. The van der Waals surface area contributed by atoms with Gasteiger partial charge in [0.2, 0.25) is 0 Å². The van der Waals surface area contributed by atoms with Crippen LogP contribution in [0.25, 0.3) is 11.0 Å². The lowest BCUT2D eigenvalue weighted by Crippen LogP contribution is -2.47. The van der Waals surface area contributed by atoms with Crippen LogP contribution in [0.15, 0.2) is 22.9 Å². The molecule has 7 heteroatoms. The number of aryl methyl sites for hydroxylation is 1. The molecular weight excluding hydrogens is 369 g/mol. The summed E-state index contributed by atoms with van der Waals surface area (Å²) >= 11 is 3.49. The molecule has 2 aliphatic heterocycles. The van der Waals surface area contributed by atoms with Crippen molar-refractivity contribution in [2.24, 2.45) is 0 Å². The Bertz CT molecular complexity index is 798. The molecule has 4 heterocycles. The molecule has 2 aliphatic rings. The quantitative estimate of drug-likeness (QED) is 0.699. The standard InChI is InChI=1S/C17H19BBrN3O2/c1-12-8-22(16-15(12)6-13(19)7-21-16)14-9-23-17(24-10-14)2-4-18(11-20)5-3-17/h6-8,14H,2-5,9-10H2,1H3. The zero-order chi connectivity index (χ0) is 16.7. The van der Waals surface area contributed by atoms with E-state index in [1.165, 1.54) is 5.56 Å². The number of fused-ring (bicyclic) bond motifs is 1. The monoisotopic (exact) mass is 387 g/mol. The number of hydrogen-bond acceptors (Lipinski definition) is 4. The lowest BCUT2D eigenvalue weighted by Gasteiger charge is -2.43. The third-order valence-electron chi connectivity index (χ3n) is 5.24. The van der Waals surface area contributed by atoms with Crippen LogP contribution in [0.2, 0.25) is 12.6 Å². The molecule has 0 bridgehead atoms. The molecule has 0 N–H and O–H groups in total. The number of rotatable bonds is 1. The summed E-state index contributed by atoms with van der Waals surface area (Å²) in [6.45, 7) is 3.50. The minimum atomic E-state index is -0.474. The molecule has 0 unspecified atom stereocenters. The first-order valence-corrected chi connectivity index (χ1v) is 9.20. The number of pyridine rings is 1. The van der Waals surface area contributed by atoms with Gasteiger partial charge in [0.05, 0.1) is 19.3 Å². The van der Waals surface area contributed by atoms with Gasteiger partial charge in [0.25, 0.3) is 6.71 Å². The Balaban J connectivity index is 1.52. The maximum Gasteiger partial charge on any atom is 0.268 e. The molecule has 2 saturated heterocycles. The molecule has 0 amide bonds. The van der Waals surface area contributed by atoms with Gasteiger partial charge in [-0.3, -0.25) is 0 Å². The molecule has 0 saturated carbocycles. The topological polar surface area (TPSA) is 60.1 Å². The molecule has 1 spiro atoms. The van der Waals surface area contributed by atoms with Crippen LogP contribution >= 0.6 is 15.9 Å². The summed E-state index contributed by atoms with van der Waals surface area (Å²) in [6.07, 6.45) is 7.31. The van der Waals surface area contributed by atoms with Crippen LogP contribution in [0.3, 0.4) is 0 Å². The second-order valence-electron chi connectivity index (χ2n) is 6.83. The molecule has 2 fully saturated rings. The fraction of sp³-hybridized carbons (Fsp3) is 0.529. The van der Waals surface area contributed by atoms with E-state index in [9.17, 15) is 0 Å². The summed E-state index contributed by atoms with van der Waals surface area (Å²) < 4.78 is 15.5. The molecule has 4 rings (SSSR count). The summed E-state index contributed by atoms with van der Waals surface area (Å²) in [5, 5.41) is 10.2. The number of nitrogens with zero attached hydrogens (tertiary/aromatic N) is 3. The highest BCUT2D eigenvalue weighted by Crippen LogP contribution is 2.38. The Morgan fingerprint density at radius 3 is 2.75 bits per heavy atom. The Kier molecular flexibility index (Phi) is 4.15. The van der Waals surface area contributed by atoms with E-state index in [-0.39, 0.29) is 12.8 Å². The SMILES string of the molecule is Cc1cn(C2COC3(CCB(C#N)CC3)OC2)c2ncc(Br)cc12. The van der Waals surface area contributed by atoms with E-state index in [0.717, 1.165) is 41.0 Å². The summed E-state index contributed by atoms with van der Waals surface area (Å²) in [5.41, 5.74) is 2.17. The van der Waals surface area contributed by atoms with E-state index in [0.29, 0.717) is 13.2 Å². The molecular formula is C17H19BBrN3O2. The van der Waals surface area contributed by atoms with Gasteiger partial charge < -0.3 is 14.0 Å². The summed E-state index contributed by atoms with van der Waals surface area (Å²) in [5.74, 6) is 1.89. The van der Waals surface area contributed by atoms with Crippen LogP contribution in [-0.4, -0.2) is 35.3 Å². The van der Waals surface area contributed by atoms with Gasteiger partial charge in [0.15, 0.2) is 5.79 Å². The van der Waals surface area contributed by atoms with Gasteiger partial charge in [-0.05, 0) is 47.3 Å². The van der Waals surface area contributed by atoms with Crippen molar-refractivity contribution >= 4 is 33.7 Å². The Labute approximate surface area is 150 Å². The van der Waals surface area contributed by atoms with Crippen LogP contribution in [0.1, 0.15) is 24.4 Å². The van der Waals surface area contributed by atoms with Crippen LogP contribution in [0.5, 0.6) is 0 Å². The minimum absolute atomic E-state index is 0.134. The number of halogens is 1. The van der Waals surface area contributed by atoms with E-state index >= 15 is 0 Å². The highest BCUT2D eigenvalue weighted by atomic mass is 79.9. The highest BCUT2D eigenvalue weighted by molar-refractivity contribution is 9.10. The maximum atomic E-state index is 9.05. The Hall–Kier alpha value is -1.36. The lowest BCUT2D eigenvalue weighted by atomic mass is 9.42. The van der Waals surface area contributed by atoms with Crippen molar-refractivity contribution in [3.8, 4) is 5.97 Å².